The molecule has 2 aromatic rings. The predicted octanol–water partition coefficient (Wildman–Crippen LogP) is 2.91. The summed E-state index contributed by atoms with van der Waals surface area (Å²) in [6.07, 6.45) is 1.21. The summed E-state index contributed by atoms with van der Waals surface area (Å²) in [4.78, 5) is 6.29. The van der Waals surface area contributed by atoms with Crippen LogP contribution in [-0.2, 0) is 0 Å². The van der Waals surface area contributed by atoms with Gasteiger partial charge >= 0.3 is 0 Å². The lowest BCUT2D eigenvalue weighted by Gasteiger charge is -2.19. The number of pyridine rings is 1. The quantitative estimate of drug-likeness (QED) is 0.916. The number of ether oxygens (including phenoxy) is 1. The second-order valence-corrected chi connectivity index (χ2v) is 4.38. The molecular formula is C15H18N2O2. The van der Waals surface area contributed by atoms with Gasteiger partial charge < -0.3 is 14.7 Å². The Balaban J connectivity index is 2.27. The standard InChI is InChI=1S/C15H18N2O2/c1-11(18)12-8-9-16-15(10-12)17(2)13-4-6-14(19-3)7-5-13/h4-11,18H,1-3H3/t11-/m0/s1. The third-order valence-electron chi connectivity index (χ3n) is 3.06. The average Bonchev–Trinajstić information content (AvgIpc) is 2.46. The molecule has 1 heterocycles. The van der Waals surface area contributed by atoms with Crippen molar-refractivity contribution in [3.8, 4) is 5.75 Å². The Hall–Kier alpha value is -2.07. The number of nitrogens with zero attached hydrogens (tertiary/aromatic N) is 2. The van der Waals surface area contributed by atoms with Gasteiger partial charge in [0, 0.05) is 18.9 Å². The fraction of sp³-hybridized carbons (Fsp3) is 0.267. The number of anilines is 2. The highest BCUT2D eigenvalue weighted by atomic mass is 16.5. The summed E-state index contributed by atoms with van der Waals surface area (Å²) in [6.45, 7) is 1.74. The minimum atomic E-state index is -0.494. The number of methoxy groups -OCH3 is 1. The fourth-order valence-corrected chi connectivity index (χ4v) is 1.82. The molecule has 0 aliphatic carbocycles. The van der Waals surface area contributed by atoms with E-state index in [1.54, 1.807) is 20.2 Å². The van der Waals surface area contributed by atoms with E-state index >= 15 is 0 Å². The van der Waals surface area contributed by atoms with Crippen LogP contribution in [0.5, 0.6) is 5.75 Å². The van der Waals surface area contributed by atoms with Crippen molar-refractivity contribution in [3.63, 3.8) is 0 Å². The molecule has 0 spiro atoms. The third kappa shape index (κ3) is 3.03. The van der Waals surface area contributed by atoms with Crippen LogP contribution in [0.3, 0.4) is 0 Å². The van der Waals surface area contributed by atoms with Crippen LogP contribution < -0.4 is 9.64 Å². The number of aliphatic hydroxyl groups is 1. The summed E-state index contributed by atoms with van der Waals surface area (Å²) in [5.74, 6) is 1.62. The Bertz CT molecular complexity index is 538. The monoisotopic (exact) mass is 258 g/mol. The van der Waals surface area contributed by atoms with Crippen molar-refractivity contribution in [1.82, 2.24) is 4.98 Å². The molecule has 1 N–H and O–H groups in total. The van der Waals surface area contributed by atoms with E-state index in [1.165, 1.54) is 0 Å². The van der Waals surface area contributed by atoms with E-state index in [-0.39, 0.29) is 0 Å². The predicted molar refractivity (Wildman–Crippen MR) is 75.9 cm³/mol. The normalized spacial score (nSPS) is 12.0. The lowest BCUT2D eigenvalue weighted by Crippen LogP contribution is -2.11. The van der Waals surface area contributed by atoms with Gasteiger partial charge in [-0.3, -0.25) is 0 Å². The maximum absolute atomic E-state index is 9.61. The summed E-state index contributed by atoms with van der Waals surface area (Å²) < 4.78 is 5.14. The smallest absolute Gasteiger partial charge is 0.133 e. The first kappa shape index (κ1) is 13.4. The molecule has 19 heavy (non-hydrogen) atoms. The van der Waals surface area contributed by atoms with Gasteiger partial charge in [-0.2, -0.15) is 0 Å². The molecule has 0 fully saturated rings. The zero-order chi connectivity index (χ0) is 13.8. The Kier molecular flexibility index (Phi) is 4.02. The molecule has 2 rings (SSSR count). The number of hydrogen-bond donors (Lipinski definition) is 1. The van der Waals surface area contributed by atoms with Gasteiger partial charge in [0.1, 0.15) is 11.6 Å². The molecule has 0 aliphatic rings. The molecule has 0 radical (unpaired) electrons. The number of aromatic nitrogens is 1. The van der Waals surface area contributed by atoms with E-state index < -0.39 is 6.10 Å². The van der Waals surface area contributed by atoms with Crippen molar-refractivity contribution >= 4 is 11.5 Å². The minimum Gasteiger partial charge on any atom is -0.497 e. The maximum Gasteiger partial charge on any atom is 0.133 e. The highest BCUT2D eigenvalue weighted by Crippen LogP contribution is 2.25. The first-order valence-corrected chi connectivity index (χ1v) is 6.13. The van der Waals surface area contributed by atoms with E-state index in [9.17, 15) is 5.11 Å². The van der Waals surface area contributed by atoms with E-state index in [2.05, 4.69) is 4.98 Å². The van der Waals surface area contributed by atoms with Gasteiger partial charge in [0.15, 0.2) is 0 Å². The van der Waals surface area contributed by atoms with Crippen LogP contribution >= 0.6 is 0 Å². The molecule has 0 aliphatic heterocycles. The topological polar surface area (TPSA) is 45.6 Å². The molecule has 100 valence electrons. The number of rotatable bonds is 4. The molecular weight excluding hydrogens is 240 g/mol. The van der Waals surface area contributed by atoms with Gasteiger partial charge in [-0.05, 0) is 48.9 Å². The van der Waals surface area contributed by atoms with Crippen LogP contribution in [0.2, 0.25) is 0 Å². The van der Waals surface area contributed by atoms with Crippen molar-refractivity contribution < 1.29 is 9.84 Å². The van der Waals surface area contributed by atoms with E-state index in [1.807, 2.05) is 48.3 Å². The number of benzene rings is 1. The van der Waals surface area contributed by atoms with Crippen molar-refractivity contribution in [2.24, 2.45) is 0 Å². The summed E-state index contributed by atoms with van der Waals surface area (Å²) in [6, 6.07) is 11.4. The van der Waals surface area contributed by atoms with E-state index in [0.29, 0.717) is 0 Å². The largest absolute Gasteiger partial charge is 0.497 e. The van der Waals surface area contributed by atoms with Crippen LogP contribution in [0.1, 0.15) is 18.6 Å². The Labute approximate surface area is 113 Å². The van der Waals surface area contributed by atoms with Crippen LogP contribution in [0, 0.1) is 0 Å². The van der Waals surface area contributed by atoms with Crippen LogP contribution in [-0.4, -0.2) is 24.2 Å². The maximum atomic E-state index is 9.61. The SMILES string of the molecule is COc1ccc(N(C)c2cc([C@H](C)O)ccn2)cc1. The van der Waals surface area contributed by atoms with Gasteiger partial charge in [-0.15, -0.1) is 0 Å². The average molecular weight is 258 g/mol. The lowest BCUT2D eigenvalue weighted by atomic mass is 10.1. The highest BCUT2D eigenvalue weighted by molar-refractivity contribution is 5.60. The van der Waals surface area contributed by atoms with E-state index in [4.69, 9.17) is 4.74 Å². The van der Waals surface area contributed by atoms with Crippen molar-refractivity contribution in [2.45, 2.75) is 13.0 Å². The Morgan fingerprint density at radius 2 is 1.89 bits per heavy atom. The molecule has 1 aromatic heterocycles. The first-order valence-electron chi connectivity index (χ1n) is 6.13. The molecule has 1 aromatic carbocycles. The van der Waals surface area contributed by atoms with Gasteiger partial charge in [0.25, 0.3) is 0 Å². The Morgan fingerprint density at radius 1 is 1.21 bits per heavy atom. The van der Waals surface area contributed by atoms with Crippen LogP contribution in [0.4, 0.5) is 11.5 Å². The lowest BCUT2D eigenvalue weighted by molar-refractivity contribution is 0.199. The van der Waals surface area contributed by atoms with Crippen molar-refractivity contribution in [1.29, 1.82) is 0 Å². The molecule has 0 saturated carbocycles. The second-order valence-electron chi connectivity index (χ2n) is 4.38. The van der Waals surface area contributed by atoms with Crippen LogP contribution in [0.25, 0.3) is 0 Å². The zero-order valence-corrected chi connectivity index (χ0v) is 11.4. The summed E-state index contributed by atoms with van der Waals surface area (Å²) in [5, 5.41) is 9.61. The molecule has 4 nitrogen and oxygen atoms in total. The Morgan fingerprint density at radius 3 is 2.47 bits per heavy atom. The van der Waals surface area contributed by atoms with Gasteiger partial charge in [-0.25, -0.2) is 4.98 Å². The van der Waals surface area contributed by atoms with Crippen molar-refractivity contribution in [2.75, 3.05) is 19.1 Å². The summed E-state index contributed by atoms with van der Waals surface area (Å²) >= 11 is 0. The molecule has 1 atom stereocenters. The molecule has 0 saturated heterocycles. The van der Waals surface area contributed by atoms with Crippen LogP contribution in [0.15, 0.2) is 42.6 Å². The van der Waals surface area contributed by atoms with Crippen molar-refractivity contribution in [3.05, 3.63) is 48.2 Å². The third-order valence-corrected chi connectivity index (χ3v) is 3.06. The van der Waals surface area contributed by atoms with Gasteiger partial charge in [0.2, 0.25) is 0 Å². The first-order chi connectivity index (χ1) is 9.11. The highest BCUT2D eigenvalue weighted by Gasteiger charge is 2.08. The summed E-state index contributed by atoms with van der Waals surface area (Å²) in [5.41, 5.74) is 1.86. The summed E-state index contributed by atoms with van der Waals surface area (Å²) in [7, 11) is 3.59. The second kappa shape index (κ2) is 5.71. The molecule has 0 amide bonds. The van der Waals surface area contributed by atoms with Gasteiger partial charge in [0.05, 0.1) is 13.2 Å². The number of aliphatic hydroxyl groups excluding tert-OH is 1. The molecule has 4 heteroatoms. The molecule has 0 unspecified atom stereocenters. The number of hydrogen-bond acceptors (Lipinski definition) is 4. The zero-order valence-electron chi connectivity index (χ0n) is 11.4. The fourth-order valence-electron chi connectivity index (χ4n) is 1.82. The molecule has 0 bridgehead atoms. The van der Waals surface area contributed by atoms with E-state index in [0.717, 1.165) is 22.8 Å². The minimum absolute atomic E-state index is 0.494. The van der Waals surface area contributed by atoms with Gasteiger partial charge in [-0.1, -0.05) is 0 Å².